The number of piperazine rings is 1. The predicted octanol–water partition coefficient (Wildman–Crippen LogP) is 1.12. The van der Waals surface area contributed by atoms with Crippen LogP contribution in [0.3, 0.4) is 0 Å². The minimum absolute atomic E-state index is 0.0652. The Morgan fingerprint density at radius 3 is 2.48 bits per heavy atom. The first kappa shape index (κ1) is 19.7. The summed E-state index contributed by atoms with van der Waals surface area (Å²) < 4.78 is 27.3. The van der Waals surface area contributed by atoms with Gasteiger partial charge in [0.2, 0.25) is 16.0 Å². The van der Waals surface area contributed by atoms with E-state index < -0.39 is 10.0 Å². The van der Waals surface area contributed by atoms with Crippen LogP contribution in [0.4, 0.5) is 5.95 Å². The quantitative estimate of drug-likeness (QED) is 0.703. The zero-order chi connectivity index (χ0) is 19.3. The van der Waals surface area contributed by atoms with Gasteiger partial charge in [0.15, 0.2) is 0 Å². The molecule has 0 atom stereocenters. The lowest BCUT2D eigenvalue weighted by Gasteiger charge is -2.33. The van der Waals surface area contributed by atoms with Gasteiger partial charge in [-0.3, -0.25) is 4.79 Å². The number of carbonyl (C=O) groups excluding carboxylic acids is 1. The van der Waals surface area contributed by atoms with E-state index in [4.69, 9.17) is 0 Å². The van der Waals surface area contributed by atoms with Gasteiger partial charge < -0.3 is 10.2 Å². The number of halogens is 1. The van der Waals surface area contributed by atoms with Crippen molar-refractivity contribution in [1.29, 1.82) is 0 Å². The Morgan fingerprint density at radius 2 is 1.81 bits per heavy atom. The van der Waals surface area contributed by atoms with Crippen LogP contribution in [0.2, 0.25) is 0 Å². The molecular formula is C17H20BrN5O3S. The molecule has 0 saturated carbocycles. The van der Waals surface area contributed by atoms with Gasteiger partial charge in [-0.25, -0.2) is 18.4 Å². The minimum atomic E-state index is -3.43. The Labute approximate surface area is 166 Å². The molecule has 27 heavy (non-hydrogen) atoms. The van der Waals surface area contributed by atoms with Crippen molar-refractivity contribution in [2.75, 3.05) is 43.4 Å². The number of nitrogens with zero attached hydrogens (tertiary/aromatic N) is 4. The van der Waals surface area contributed by atoms with Gasteiger partial charge in [0.05, 0.1) is 5.75 Å². The monoisotopic (exact) mass is 453 g/mol. The summed E-state index contributed by atoms with van der Waals surface area (Å²) in [5, 5.41) is 2.66. The van der Waals surface area contributed by atoms with E-state index >= 15 is 0 Å². The standard InChI is InChI=1S/C17H20BrN5O3S/c18-15-4-1-3-14(13-15)16(24)19-7-12-27(25,26)23-10-8-22(9-11-23)17-20-5-2-6-21-17/h1-6,13H,7-12H2,(H,19,24). The van der Waals surface area contributed by atoms with Crippen LogP contribution in [-0.4, -0.2) is 67.1 Å². The van der Waals surface area contributed by atoms with Gasteiger partial charge >= 0.3 is 0 Å². The van der Waals surface area contributed by atoms with E-state index in [1.165, 1.54) is 4.31 Å². The Morgan fingerprint density at radius 1 is 1.11 bits per heavy atom. The Kier molecular flexibility index (Phi) is 6.40. The van der Waals surface area contributed by atoms with Crippen molar-refractivity contribution in [1.82, 2.24) is 19.6 Å². The van der Waals surface area contributed by atoms with E-state index in [0.29, 0.717) is 37.7 Å². The lowest BCUT2D eigenvalue weighted by atomic mass is 10.2. The molecular weight excluding hydrogens is 434 g/mol. The van der Waals surface area contributed by atoms with Crippen LogP contribution in [0.5, 0.6) is 0 Å². The number of carbonyl (C=O) groups is 1. The molecule has 1 aromatic carbocycles. The minimum Gasteiger partial charge on any atom is -0.351 e. The van der Waals surface area contributed by atoms with E-state index in [1.54, 1.807) is 36.7 Å². The molecule has 0 bridgehead atoms. The first-order chi connectivity index (χ1) is 13.0. The fourth-order valence-electron chi connectivity index (χ4n) is 2.78. The highest BCUT2D eigenvalue weighted by Gasteiger charge is 2.27. The number of benzene rings is 1. The molecule has 1 saturated heterocycles. The van der Waals surface area contributed by atoms with E-state index in [2.05, 4.69) is 31.2 Å². The van der Waals surface area contributed by atoms with Crippen molar-refractivity contribution in [2.45, 2.75) is 0 Å². The average molecular weight is 454 g/mol. The highest BCUT2D eigenvalue weighted by Crippen LogP contribution is 2.13. The smallest absolute Gasteiger partial charge is 0.251 e. The van der Waals surface area contributed by atoms with Crippen LogP contribution in [0.25, 0.3) is 0 Å². The molecule has 1 N–H and O–H groups in total. The lowest BCUT2D eigenvalue weighted by molar-refractivity contribution is 0.0956. The molecule has 0 unspecified atom stereocenters. The molecule has 1 aliphatic heterocycles. The van der Waals surface area contributed by atoms with E-state index in [-0.39, 0.29) is 18.2 Å². The number of nitrogens with one attached hydrogen (secondary N) is 1. The highest BCUT2D eigenvalue weighted by molar-refractivity contribution is 9.10. The summed E-state index contributed by atoms with van der Waals surface area (Å²) in [7, 11) is -3.43. The second-order valence-corrected chi connectivity index (χ2v) is 9.02. The summed E-state index contributed by atoms with van der Waals surface area (Å²) in [4.78, 5) is 22.4. The summed E-state index contributed by atoms with van der Waals surface area (Å²) in [6, 6.07) is 8.69. The van der Waals surface area contributed by atoms with E-state index in [9.17, 15) is 13.2 Å². The number of amides is 1. The number of rotatable bonds is 6. The molecule has 1 aliphatic rings. The molecule has 0 aliphatic carbocycles. The Bertz CT molecular complexity index is 886. The third kappa shape index (κ3) is 5.24. The normalized spacial score (nSPS) is 15.5. The van der Waals surface area contributed by atoms with Gasteiger partial charge in [0.1, 0.15) is 0 Å². The van der Waals surface area contributed by atoms with Crippen molar-refractivity contribution in [3.8, 4) is 0 Å². The summed E-state index contributed by atoms with van der Waals surface area (Å²) in [5.74, 6) is 0.183. The predicted molar refractivity (Wildman–Crippen MR) is 106 cm³/mol. The van der Waals surface area contributed by atoms with Crippen molar-refractivity contribution in [3.63, 3.8) is 0 Å². The van der Waals surface area contributed by atoms with Crippen molar-refractivity contribution in [3.05, 3.63) is 52.8 Å². The van der Waals surface area contributed by atoms with Gasteiger partial charge in [-0.05, 0) is 24.3 Å². The molecule has 0 spiro atoms. The van der Waals surface area contributed by atoms with Gasteiger partial charge in [0, 0.05) is 55.2 Å². The summed E-state index contributed by atoms with van der Waals surface area (Å²) in [5.41, 5.74) is 0.484. The molecule has 1 amide bonds. The topological polar surface area (TPSA) is 95.5 Å². The summed E-state index contributed by atoms with van der Waals surface area (Å²) >= 11 is 3.31. The maximum absolute atomic E-state index is 12.5. The van der Waals surface area contributed by atoms with Crippen molar-refractivity contribution in [2.24, 2.45) is 0 Å². The maximum Gasteiger partial charge on any atom is 0.251 e. The van der Waals surface area contributed by atoms with Gasteiger partial charge in [-0.1, -0.05) is 22.0 Å². The van der Waals surface area contributed by atoms with Gasteiger partial charge in [-0.15, -0.1) is 0 Å². The molecule has 144 valence electrons. The van der Waals surface area contributed by atoms with E-state index in [0.717, 1.165) is 4.47 Å². The van der Waals surface area contributed by atoms with E-state index in [1.807, 2.05) is 11.0 Å². The average Bonchev–Trinajstić information content (AvgIpc) is 2.68. The zero-order valence-electron chi connectivity index (χ0n) is 14.6. The second kappa shape index (κ2) is 8.77. The molecule has 8 nitrogen and oxygen atoms in total. The van der Waals surface area contributed by atoms with Gasteiger partial charge in [-0.2, -0.15) is 4.31 Å². The number of sulfonamides is 1. The largest absolute Gasteiger partial charge is 0.351 e. The van der Waals surface area contributed by atoms with Crippen LogP contribution in [-0.2, 0) is 10.0 Å². The Balaban J connectivity index is 1.48. The first-order valence-corrected chi connectivity index (χ1v) is 10.9. The molecule has 2 aromatic rings. The molecule has 10 heteroatoms. The third-order valence-corrected chi connectivity index (χ3v) is 6.56. The van der Waals surface area contributed by atoms with Crippen LogP contribution in [0.1, 0.15) is 10.4 Å². The molecule has 3 rings (SSSR count). The van der Waals surface area contributed by atoms with Crippen LogP contribution in [0, 0.1) is 0 Å². The number of hydrogen-bond donors (Lipinski definition) is 1. The highest BCUT2D eigenvalue weighted by atomic mass is 79.9. The number of hydrogen-bond acceptors (Lipinski definition) is 6. The van der Waals surface area contributed by atoms with Gasteiger partial charge in [0.25, 0.3) is 5.91 Å². The van der Waals surface area contributed by atoms with Crippen LogP contribution < -0.4 is 10.2 Å². The maximum atomic E-state index is 12.5. The molecule has 1 fully saturated rings. The van der Waals surface area contributed by atoms with Crippen LogP contribution in [0.15, 0.2) is 47.2 Å². The third-order valence-electron chi connectivity index (χ3n) is 4.20. The fourth-order valence-corrected chi connectivity index (χ4v) is 4.51. The second-order valence-electron chi connectivity index (χ2n) is 6.02. The molecule has 0 radical (unpaired) electrons. The molecule has 1 aromatic heterocycles. The lowest BCUT2D eigenvalue weighted by Crippen LogP contribution is -2.50. The SMILES string of the molecule is O=C(NCCS(=O)(=O)N1CCN(c2ncccn2)CC1)c1cccc(Br)c1. The van der Waals surface area contributed by atoms with Crippen molar-refractivity contribution < 1.29 is 13.2 Å². The summed E-state index contributed by atoms with van der Waals surface area (Å²) in [6.45, 7) is 1.89. The fraction of sp³-hybridized carbons (Fsp3) is 0.353. The zero-order valence-corrected chi connectivity index (χ0v) is 17.0. The Hall–Kier alpha value is -2.04. The van der Waals surface area contributed by atoms with Crippen molar-refractivity contribution >= 4 is 37.8 Å². The number of anilines is 1. The van der Waals surface area contributed by atoms with Crippen LogP contribution >= 0.6 is 15.9 Å². The number of aromatic nitrogens is 2. The summed E-state index contributed by atoms with van der Waals surface area (Å²) in [6.07, 6.45) is 3.33. The first-order valence-electron chi connectivity index (χ1n) is 8.49. The molecule has 2 heterocycles.